The van der Waals surface area contributed by atoms with Crippen LogP contribution in [0.15, 0.2) is 18.5 Å². The van der Waals surface area contributed by atoms with Crippen LogP contribution in [0.5, 0.6) is 0 Å². The number of carbonyl (C=O) groups is 1. The summed E-state index contributed by atoms with van der Waals surface area (Å²) in [5.74, 6) is -1.24. The predicted molar refractivity (Wildman–Crippen MR) is 117 cm³/mol. The minimum atomic E-state index is -1.66. The zero-order chi connectivity index (χ0) is 24.1. The van der Waals surface area contributed by atoms with Gasteiger partial charge in [0.2, 0.25) is 5.60 Å². The molecule has 1 saturated heterocycles. The topological polar surface area (TPSA) is 154 Å². The number of fused-ring (bicyclic) bond motifs is 1. The van der Waals surface area contributed by atoms with Crippen LogP contribution in [0.1, 0.15) is 64.7 Å². The lowest BCUT2D eigenvalue weighted by molar-refractivity contribution is -0.228. The average Bonchev–Trinajstić information content (AvgIpc) is 3.34. The number of nitrogens with zero attached hydrogens (tertiary/aromatic N) is 4. The van der Waals surface area contributed by atoms with Crippen molar-refractivity contribution in [2.45, 2.75) is 76.5 Å². The number of aliphatic hydroxyl groups is 1. The third-order valence-corrected chi connectivity index (χ3v) is 5.38. The summed E-state index contributed by atoms with van der Waals surface area (Å²) >= 11 is 0. The lowest BCUT2D eigenvalue weighted by atomic mass is 9.97. The molecule has 3 heterocycles. The maximum Gasteiger partial charge on any atom is 0.508 e. The largest absolute Gasteiger partial charge is 0.508 e. The van der Waals surface area contributed by atoms with Gasteiger partial charge in [-0.25, -0.2) is 14.3 Å². The van der Waals surface area contributed by atoms with Gasteiger partial charge in [-0.2, -0.15) is 10.4 Å². The number of aromatic nitrogens is 3. The highest BCUT2D eigenvalue weighted by Gasteiger charge is 2.54. The molecule has 180 valence electrons. The molecular formula is C22H31N5O6. The Bertz CT molecular complexity index is 997. The highest BCUT2D eigenvalue weighted by Crippen LogP contribution is 2.43. The molecule has 33 heavy (non-hydrogen) atoms. The van der Waals surface area contributed by atoms with Gasteiger partial charge < -0.3 is 29.8 Å². The number of carbonyl (C=O) groups excluding carboxylic acids is 1. The normalized spacial score (nSPS) is 22.9. The van der Waals surface area contributed by atoms with Gasteiger partial charge in [-0.05, 0) is 32.4 Å². The van der Waals surface area contributed by atoms with E-state index in [2.05, 4.69) is 23.1 Å². The smallest absolute Gasteiger partial charge is 0.434 e. The standard InChI is InChI=1S/C22H31N5O6/c1-4-5-6-7-10-30-20(28)31-13-22(12-23)18(33-21(2,3)29)11-17(32-22)15-8-9-16-19(24)25-14-26-27(15)16/h8-9,14,17-18,29H,4-7,10-11,13H2,1-3H3,(H2,24,25,26)/t17-,18+,22-/m1/s1. The predicted octanol–water partition coefficient (Wildman–Crippen LogP) is 2.88. The zero-order valence-corrected chi connectivity index (χ0v) is 19.2. The van der Waals surface area contributed by atoms with Crippen molar-refractivity contribution >= 4 is 17.5 Å². The monoisotopic (exact) mass is 461 g/mol. The van der Waals surface area contributed by atoms with Crippen LogP contribution in [0.25, 0.3) is 5.52 Å². The second-order valence-electron chi connectivity index (χ2n) is 8.55. The van der Waals surface area contributed by atoms with Gasteiger partial charge in [-0.15, -0.1) is 0 Å². The molecule has 1 aliphatic heterocycles. The Hall–Kier alpha value is -2.94. The third-order valence-electron chi connectivity index (χ3n) is 5.38. The highest BCUT2D eigenvalue weighted by atomic mass is 16.7. The first-order valence-electron chi connectivity index (χ1n) is 11.1. The molecule has 11 heteroatoms. The molecular weight excluding hydrogens is 430 g/mol. The Kier molecular flexibility index (Phi) is 7.73. The summed E-state index contributed by atoms with van der Waals surface area (Å²) in [5, 5.41) is 24.5. The van der Waals surface area contributed by atoms with Crippen LogP contribution in [0, 0.1) is 11.3 Å². The Morgan fingerprint density at radius 1 is 1.39 bits per heavy atom. The van der Waals surface area contributed by atoms with E-state index >= 15 is 0 Å². The average molecular weight is 462 g/mol. The summed E-state index contributed by atoms with van der Waals surface area (Å²) in [6.07, 6.45) is 2.95. The van der Waals surface area contributed by atoms with E-state index in [-0.39, 0.29) is 13.0 Å². The van der Waals surface area contributed by atoms with Crippen molar-refractivity contribution < 1.29 is 28.8 Å². The van der Waals surface area contributed by atoms with Crippen molar-refractivity contribution in [1.29, 1.82) is 5.26 Å². The molecule has 3 atom stereocenters. The van der Waals surface area contributed by atoms with Gasteiger partial charge in [0.1, 0.15) is 36.7 Å². The minimum Gasteiger partial charge on any atom is -0.434 e. The van der Waals surface area contributed by atoms with Gasteiger partial charge >= 0.3 is 6.16 Å². The molecule has 0 saturated carbocycles. The third kappa shape index (κ3) is 5.90. The van der Waals surface area contributed by atoms with Gasteiger partial charge in [0.05, 0.1) is 12.3 Å². The number of unbranched alkanes of at least 4 members (excludes halogenated alkanes) is 3. The van der Waals surface area contributed by atoms with Crippen LogP contribution in [-0.2, 0) is 18.9 Å². The first-order valence-corrected chi connectivity index (χ1v) is 11.1. The van der Waals surface area contributed by atoms with Crippen LogP contribution in [0.3, 0.4) is 0 Å². The maximum atomic E-state index is 12.1. The quantitative estimate of drug-likeness (QED) is 0.306. The lowest BCUT2D eigenvalue weighted by Crippen LogP contribution is -2.47. The van der Waals surface area contributed by atoms with E-state index in [4.69, 9.17) is 24.7 Å². The molecule has 2 aromatic rings. The van der Waals surface area contributed by atoms with Crippen molar-refractivity contribution in [2.24, 2.45) is 0 Å². The highest BCUT2D eigenvalue weighted by molar-refractivity contribution is 5.65. The summed E-state index contributed by atoms with van der Waals surface area (Å²) in [7, 11) is 0. The minimum absolute atomic E-state index is 0.211. The van der Waals surface area contributed by atoms with Crippen LogP contribution in [0.4, 0.5) is 10.6 Å². The van der Waals surface area contributed by atoms with Gasteiger partial charge in [0.15, 0.2) is 11.6 Å². The molecule has 2 aromatic heterocycles. The van der Waals surface area contributed by atoms with Crippen molar-refractivity contribution in [1.82, 2.24) is 14.6 Å². The Balaban J connectivity index is 1.75. The summed E-state index contributed by atoms with van der Waals surface area (Å²) in [5.41, 5.74) is 5.47. The van der Waals surface area contributed by atoms with Crippen molar-refractivity contribution in [3.8, 4) is 6.07 Å². The number of rotatable bonds is 10. The second kappa shape index (κ2) is 10.3. The van der Waals surface area contributed by atoms with E-state index in [1.54, 1.807) is 16.6 Å². The number of nitrogen functional groups attached to an aromatic ring is 1. The second-order valence-corrected chi connectivity index (χ2v) is 8.55. The molecule has 0 spiro atoms. The molecule has 3 rings (SSSR count). The molecule has 0 aromatic carbocycles. The molecule has 0 aliphatic carbocycles. The number of nitrogens with two attached hydrogens (primary N) is 1. The summed E-state index contributed by atoms with van der Waals surface area (Å²) < 4.78 is 23.7. The molecule has 3 N–H and O–H groups in total. The summed E-state index contributed by atoms with van der Waals surface area (Å²) in [6.45, 7) is 4.82. The van der Waals surface area contributed by atoms with E-state index in [9.17, 15) is 15.2 Å². The lowest BCUT2D eigenvalue weighted by Gasteiger charge is -2.31. The van der Waals surface area contributed by atoms with Gasteiger partial charge in [-0.1, -0.05) is 26.2 Å². The number of ether oxygens (including phenoxy) is 4. The molecule has 0 amide bonds. The zero-order valence-electron chi connectivity index (χ0n) is 19.2. The van der Waals surface area contributed by atoms with Crippen LogP contribution < -0.4 is 5.73 Å². The van der Waals surface area contributed by atoms with Crippen LogP contribution in [0.2, 0.25) is 0 Å². The first kappa shape index (κ1) is 24.7. The van der Waals surface area contributed by atoms with Crippen molar-refractivity contribution in [3.05, 3.63) is 24.2 Å². The fourth-order valence-corrected chi connectivity index (χ4v) is 3.80. The van der Waals surface area contributed by atoms with Crippen LogP contribution in [-0.4, -0.2) is 56.6 Å². The van der Waals surface area contributed by atoms with E-state index in [0.29, 0.717) is 17.0 Å². The SMILES string of the molecule is CCCCCCOC(=O)OC[C@@]1(C#N)O[C@@H](c2ccc3c(N)ncnn23)C[C@@H]1OC(C)(C)O. The molecule has 0 bridgehead atoms. The van der Waals surface area contributed by atoms with E-state index in [0.717, 1.165) is 25.7 Å². The summed E-state index contributed by atoms with van der Waals surface area (Å²) in [4.78, 5) is 16.0. The van der Waals surface area contributed by atoms with Crippen molar-refractivity contribution in [3.63, 3.8) is 0 Å². The van der Waals surface area contributed by atoms with E-state index < -0.39 is 36.4 Å². The van der Waals surface area contributed by atoms with E-state index in [1.165, 1.54) is 20.2 Å². The number of nitriles is 1. The molecule has 0 radical (unpaired) electrons. The number of anilines is 1. The Morgan fingerprint density at radius 3 is 2.88 bits per heavy atom. The Morgan fingerprint density at radius 2 is 2.18 bits per heavy atom. The molecule has 11 nitrogen and oxygen atoms in total. The van der Waals surface area contributed by atoms with Gasteiger partial charge in [0, 0.05) is 6.42 Å². The fraction of sp³-hybridized carbons (Fsp3) is 0.636. The molecule has 1 fully saturated rings. The maximum absolute atomic E-state index is 12.1. The fourth-order valence-electron chi connectivity index (χ4n) is 3.80. The number of hydrogen-bond acceptors (Lipinski definition) is 10. The summed E-state index contributed by atoms with van der Waals surface area (Å²) in [6, 6.07) is 5.60. The number of hydrogen-bond donors (Lipinski definition) is 2. The molecule has 1 aliphatic rings. The first-order chi connectivity index (χ1) is 15.7. The van der Waals surface area contributed by atoms with Gasteiger partial charge in [-0.3, -0.25) is 0 Å². The molecule has 0 unspecified atom stereocenters. The van der Waals surface area contributed by atoms with Crippen LogP contribution >= 0.6 is 0 Å². The van der Waals surface area contributed by atoms with E-state index in [1.807, 2.05) is 0 Å². The van der Waals surface area contributed by atoms with Gasteiger partial charge in [0.25, 0.3) is 0 Å². The Labute approximate surface area is 192 Å². The van der Waals surface area contributed by atoms with Crippen molar-refractivity contribution in [2.75, 3.05) is 18.9 Å².